The van der Waals surface area contributed by atoms with E-state index in [0.29, 0.717) is 11.3 Å². The molecule has 0 fully saturated rings. The number of amides is 2. The van der Waals surface area contributed by atoms with E-state index in [2.05, 4.69) is 5.32 Å². The van der Waals surface area contributed by atoms with Gasteiger partial charge in [0.05, 0.1) is 0 Å². The van der Waals surface area contributed by atoms with Gasteiger partial charge in [-0.1, -0.05) is 12.1 Å². The Labute approximate surface area is 81.6 Å². The highest BCUT2D eigenvalue weighted by Crippen LogP contribution is 2.16. The monoisotopic (exact) mass is 192 g/mol. The van der Waals surface area contributed by atoms with Crippen molar-refractivity contribution in [2.75, 3.05) is 5.32 Å². The molecular formula is C9H12N4O. The third kappa shape index (κ3) is 2.22. The minimum Gasteiger partial charge on any atom is -0.384 e. The predicted molar refractivity (Wildman–Crippen MR) is 55.4 cm³/mol. The highest BCUT2D eigenvalue weighted by Gasteiger charge is 2.03. The Hall–Kier alpha value is -2.04. The SMILES string of the molecule is Cc1ccc(C(=N)N)cc1NC(N)=O. The lowest BCUT2D eigenvalue weighted by Gasteiger charge is -2.07. The van der Waals surface area contributed by atoms with E-state index in [1.54, 1.807) is 18.2 Å². The molecule has 0 radical (unpaired) electrons. The second-order valence-electron chi connectivity index (χ2n) is 2.93. The van der Waals surface area contributed by atoms with Crippen LogP contribution in [0.2, 0.25) is 0 Å². The molecule has 0 atom stereocenters. The molecule has 0 spiro atoms. The number of rotatable bonds is 2. The molecule has 6 N–H and O–H groups in total. The predicted octanol–water partition coefficient (Wildman–Crippen LogP) is 0.770. The zero-order chi connectivity index (χ0) is 10.7. The van der Waals surface area contributed by atoms with Gasteiger partial charge < -0.3 is 16.8 Å². The molecule has 14 heavy (non-hydrogen) atoms. The number of urea groups is 1. The Morgan fingerprint density at radius 3 is 2.57 bits per heavy atom. The Balaban J connectivity index is 3.08. The third-order valence-electron chi connectivity index (χ3n) is 1.81. The van der Waals surface area contributed by atoms with Gasteiger partial charge >= 0.3 is 6.03 Å². The van der Waals surface area contributed by atoms with Crippen LogP contribution in [0.1, 0.15) is 11.1 Å². The van der Waals surface area contributed by atoms with Gasteiger partial charge in [-0.2, -0.15) is 0 Å². The molecule has 0 saturated carbocycles. The molecule has 5 heteroatoms. The molecule has 2 amide bonds. The molecule has 5 nitrogen and oxygen atoms in total. The third-order valence-corrected chi connectivity index (χ3v) is 1.81. The molecule has 0 aromatic heterocycles. The highest BCUT2D eigenvalue weighted by molar-refractivity contribution is 5.97. The van der Waals surface area contributed by atoms with Gasteiger partial charge in [-0.25, -0.2) is 4.79 Å². The van der Waals surface area contributed by atoms with Gasteiger partial charge in [-0.3, -0.25) is 5.41 Å². The van der Waals surface area contributed by atoms with Crippen LogP contribution in [0, 0.1) is 12.3 Å². The lowest BCUT2D eigenvalue weighted by Crippen LogP contribution is -2.20. The van der Waals surface area contributed by atoms with Crippen LogP contribution in [0.4, 0.5) is 10.5 Å². The summed E-state index contributed by atoms with van der Waals surface area (Å²) in [4.78, 5) is 10.6. The average Bonchev–Trinajstić information content (AvgIpc) is 2.07. The summed E-state index contributed by atoms with van der Waals surface area (Å²) in [6.45, 7) is 1.83. The minimum atomic E-state index is -0.631. The molecule has 1 rings (SSSR count). The van der Waals surface area contributed by atoms with Gasteiger partial charge in [0, 0.05) is 11.3 Å². The second kappa shape index (κ2) is 3.78. The van der Waals surface area contributed by atoms with Crippen LogP contribution < -0.4 is 16.8 Å². The summed E-state index contributed by atoms with van der Waals surface area (Å²) < 4.78 is 0. The maximum Gasteiger partial charge on any atom is 0.316 e. The number of aryl methyl sites for hydroxylation is 1. The number of hydrogen-bond donors (Lipinski definition) is 4. The molecule has 0 bridgehead atoms. The summed E-state index contributed by atoms with van der Waals surface area (Å²) in [5.41, 5.74) is 12.3. The van der Waals surface area contributed by atoms with Crippen LogP contribution in [0.5, 0.6) is 0 Å². The molecule has 0 heterocycles. The topological polar surface area (TPSA) is 105 Å². The van der Waals surface area contributed by atoms with Gasteiger partial charge in [0.25, 0.3) is 0 Å². The van der Waals surface area contributed by atoms with E-state index in [4.69, 9.17) is 16.9 Å². The fourth-order valence-corrected chi connectivity index (χ4v) is 1.06. The van der Waals surface area contributed by atoms with Crippen molar-refractivity contribution in [2.24, 2.45) is 11.5 Å². The van der Waals surface area contributed by atoms with Crippen molar-refractivity contribution in [3.63, 3.8) is 0 Å². The number of nitrogens with two attached hydrogens (primary N) is 2. The summed E-state index contributed by atoms with van der Waals surface area (Å²) in [7, 11) is 0. The number of nitrogens with one attached hydrogen (secondary N) is 2. The molecule has 0 unspecified atom stereocenters. The lowest BCUT2D eigenvalue weighted by atomic mass is 10.1. The Morgan fingerprint density at radius 1 is 1.43 bits per heavy atom. The molecule has 1 aromatic rings. The van der Waals surface area contributed by atoms with Gasteiger partial charge in [0.15, 0.2) is 0 Å². The minimum absolute atomic E-state index is 0.0440. The highest BCUT2D eigenvalue weighted by atomic mass is 16.2. The first-order valence-electron chi connectivity index (χ1n) is 4.02. The summed E-state index contributed by atoms with van der Waals surface area (Å²) >= 11 is 0. The van der Waals surface area contributed by atoms with Crippen LogP contribution in [0.3, 0.4) is 0 Å². The van der Waals surface area contributed by atoms with E-state index >= 15 is 0 Å². The number of hydrogen-bond acceptors (Lipinski definition) is 2. The molecule has 0 aliphatic rings. The van der Waals surface area contributed by atoms with E-state index in [0.717, 1.165) is 5.56 Å². The van der Waals surface area contributed by atoms with Crippen molar-refractivity contribution in [1.29, 1.82) is 5.41 Å². The molecule has 1 aromatic carbocycles. The van der Waals surface area contributed by atoms with Crippen molar-refractivity contribution in [3.8, 4) is 0 Å². The van der Waals surface area contributed by atoms with Gasteiger partial charge in [0.1, 0.15) is 5.84 Å². The molecular weight excluding hydrogens is 180 g/mol. The van der Waals surface area contributed by atoms with Crippen molar-refractivity contribution in [1.82, 2.24) is 0 Å². The van der Waals surface area contributed by atoms with Gasteiger partial charge in [-0.15, -0.1) is 0 Å². The number of amidine groups is 1. The van der Waals surface area contributed by atoms with Crippen LogP contribution in [0.25, 0.3) is 0 Å². The van der Waals surface area contributed by atoms with E-state index in [-0.39, 0.29) is 5.84 Å². The number of carbonyl (C=O) groups is 1. The van der Waals surface area contributed by atoms with Crippen molar-refractivity contribution < 1.29 is 4.79 Å². The lowest BCUT2D eigenvalue weighted by molar-refractivity contribution is 0.259. The number of benzene rings is 1. The number of nitrogen functional groups attached to an aromatic ring is 1. The molecule has 74 valence electrons. The van der Waals surface area contributed by atoms with E-state index in [9.17, 15) is 4.79 Å². The standard InChI is InChI=1S/C9H12N4O/c1-5-2-3-6(8(10)11)4-7(5)13-9(12)14/h2-4H,1H3,(H3,10,11)(H3,12,13,14). The smallest absolute Gasteiger partial charge is 0.316 e. The van der Waals surface area contributed by atoms with Crippen molar-refractivity contribution in [2.45, 2.75) is 6.92 Å². The van der Waals surface area contributed by atoms with Crippen LogP contribution in [-0.2, 0) is 0 Å². The normalized spacial score (nSPS) is 9.50. The maximum atomic E-state index is 10.6. The fraction of sp³-hybridized carbons (Fsp3) is 0.111. The summed E-state index contributed by atoms with van der Waals surface area (Å²) in [6.07, 6.45) is 0. The summed E-state index contributed by atoms with van der Waals surface area (Å²) in [5, 5.41) is 9.67. The Kier molecular flexibility index (Phi) is 2.71. The van der Waals surface area contributed by atoms with Crippen LogP contribution in [0.15, 0.2) is 18.2 Å². The zero-order valence-electron chi connectivity index (χ0n) is 7.79. The van der Waals surface area contributed by atoms with Crippen LogP contribution in [-0.4, -0.2) is 11.9 Å². The van der Waals surface area contributed by atoms with E-state index in [1.165, 1.54) is 0 Å². The maximum absolute atomic E-state index is 10.6. The zero-order valence-corrected chi connectivity index (χ0v) is 7.79. The largest absolute Gasteiger partial charge is 0.384 e. The Morgan fingerprint density at radius 2 is 2.07 bits per heavy atom. The Bertz CT molecular complexity index is 386. The molecule has 0 saturated heterocycles. The van der Waals surface area contributed by atoms with Crippen LogP contribution >= 0.6 is 0 Å². The van der Waals surface area contributed by atoms with Crippen molar-refractivity contribution >= 4 is 17.6 Å². The van der Waals surface area contributed by atoms with Gasteiger partial charge in [0.2, 0.25) is 0 Å². The summed E-state index contributed by atoms with van der Waals surface area (Å²) in [5.74, 6) is -0.0440. The first-order valence-corrected chi connectivity index (χ1v) is 4.02. The van der Waals surface area contributed by atoms with Gasteiger partial charge in [-0.05, 0) is 18.6 Å². The first-order chi connectivity index (χ1) is 6.50. The quantitative estimate of drug-likeness (QED) is 0.410. The second-order valence-corrected chi connectivity index (χ2v) is 2.93. The average molecular weight is 192 g/mol. The number of anilines is 1. The number of primary amides is 1. The first kappa shape index (κ1) is 10.0. The van der Waals surface area contributed by atoms with E-state index < -0.39 is 6.03 Å². The molecule has 0 aliphatic heterocycles. The molecule has 0 aliphatic carbocycles. The van der Waals surface area contributed by atoms with E-state index in [1.807, 2.05) is 6.92 Å². The fourth-order valence-electron chi connectivity index (χ4n) is 1.06. The number of carbonyl (C=O) groups excluding carboxylic acids is 1. The van der Waals surface area contributed by atoms with Crippen molar-refractivity contribution in [3.05, 3.63) is 29.3 Å². The summed E-state index contributed by atoms with van der Waals surface area (Å²) in [6, 6.07) is 4.46.